The molecule has 2 aromatic carbocycles. The lowest BCUT2D eigenvalue weighted by Crippen LogP contribution is -2.13. The number of benzene rings is 2. The van der Waals surface area contributed by atoms with Gasteiger partial charge >= 0.3 is 0 Å². The van der Waals surface area contributed by atoms with Crippen molar-refractivity contribution in [3.8, 4) is 17.2 Å². The third-order valence-corrected chi connectivity index (χ3v) is 3.65. The number of hydrogen-bond donors (Lipinski definition) is 1. The van der Waals surface area contributed by atoms with Crippen molar-refractivity contribution >= 4 is 5.78 Å². The summed E-state index contributed by atoms with van der Waals surface area (Å²) >= 11 is 0. The summed E-state index contributed by atoms with van der Waals surface area (Å²) in [5, 5.41) is 10.4. The highest BCUT2D eigenvalue weighted by atomic mass is 16.5. The monoisotopic (exact) mass is 328 g/mol. The van der Waals surface area contributed by atoms with Gasteiger partial charge in [-0.05, 0) is 42.3 Å². The van der Waals surface area contributed by atoms with Gasteiger partial charge in [-0.25, -0.2) is 0 Å². The van der Waals surface area contributed by atoms with Crippen LogP contribution in [0.2, 0.25) is 0 Å². The van der Waals surface area contributed by atoms with Crippen LogP contribution >= 0.6 is 0 Å². The number of aliphatic hydroxyl groups excluding tert-OH is 1. The Morgan fingerprint density at radius 1 is 1.08 bits per heavy atom. The third kappa shape index (κ3) is 3.58. The summed E-state index contributed by atoms with van der Waals surface area (Å²) in [5.74, 6) is 1.00. The molecule has 0 saturated heterocycles. The second-order valence-electron chi connectivity index (χ2n) is 5.15. The number of hydrogen-bond acceptors (Lipinski definition) is 5. The number of carbonyl (C=O) groups is 1. The highest BCUT2D eigenvalue weighted by Crippen LogP contribution is 2.31. The fourth-order valence-electron chi connectivity index (χ4n) is 2.32. The molecule has 0 radical (unpaired) electrons. The van der Waals surface area contributed by atoms with Crippen LogP contribution in [0.25, 0.3) is 0 Å². The van der Waals surface area contributed by atoms with E-state index in [0.29, 0.717) is 28.4 Å². The first kappa shape index (κ1) is 17.6. The molecule has 0 aliphatic carbocycles. The fraction of sp³-hybridized carbons (Fsp3) is 0.211. The molecular weight excluding hydrogens is 308 g/mol. The van der Waals surface area contributed by atoms with Crippen molar-refractivity contribution in [2.24, 2.45) is 0 Å². The molecule has 0 spiro atoms. The van der Waals surface area contributed by atoms with E-state index in [2.05, 4.69) is 6.58 Å². The van der Waals surface area contributed by atoms with Gasteiger partial charge in [-0.15, -0.1) is 0 Å². The van der Waals surface area contributed by atoms with Gasteiger partial charge in [0.25, 0.3) is 0 Å². The third-order valence-electron chi connectivity index (χ3n) is 3.65. The molecule has 0 bridgehead atoms. The first-order valence-electron chi connectivity index (χ1n) is 7.34. The first-order valence-corrected chi connectivity index (χ1v) is 7.34. The highest BCUT2D eigenvalue weighted by Gasteiger charge is 2.21. The molecule has 5 heteroatoms. The van der Waals surface area contributed by atoms with Crippen LogP contribution in [0.4, 0.5) is 0 Å². The normalized spacial score (nSPS) is 11.5. The molecule has 24 heavy (non-hydrogen) atoms. The molecule has 0 aliphatic heterocycles. The second kappa shape index (κ2) is 7.66. The minimum atomic E-state index is -1.30. The van der Waals surface area contributed by atoms with Crippen LogP contribution in [-0.4, -0.2) is 25.1 Å². The maximum atomic E-state index is 12.6. The molecule has 1 unspecified atom stereocenters. The van der Waals surface area contributed by atoms with E-state index in [1.165, 1.54) is 19.4 Å². The van der Waals surface area contributed by atoms with Gasteiger partial charge in [0.15, 0.2) is 17.3 Å². The van der Waals surface area contributed by atoms with Crippen molar-refractivity contribution in [2.45, 2.75) is 13.0 Å². The summed E-state index contributed by atoms with van der Waals surface area (Å²) < 4.78 is 15.6. The number of ketones is 1. The van der Waals surface area contributed by atoms with Crippen molar-refractivity contribution in [3.05, 3.63) is 65.9 Å². The highest BCUT2D eigenvalue weighted by molar-refractivity contribution is 6.00. The summed E-state index contributed by atoms with van der Waals surface area (Å²) in [6.07, 6.45) is -0.0253. The zero-order chi connectivity index (χ0) is 17.7. The lowest BCUT2D eigenvalue weighted by molar-refractivity contribution is 0.0746. The molecular formula is C19H20O5. The summed E-state index contributed by atoms with van der Waals surface area (Å²) in [5.41, 5.74) is 1.71. The van der Waals surface area contributed by atoms with E-state index in [-0.39, 0.29) is 0 Å². The van der Waals surface area contributed by atoms with E-state index in [1.807, 2.05) is 6.92 Å². The van der Waals surface area contributed by atoms with Crippen molar-refractivity contribution in [1.29, 1.82) is 0 Å². The number of ether oxygens (including phenoxy) is 3. The Morgan fingerprint density at radius 2 is 1.79 bits per heavy atom. The van der Waals surface area contributed by atoms with Gasteiger partial charge in [-0.3, -0.25) is 4.79 Å². The van der Waals surface area contributed by atoms with Crippen molar-refractivity contribution in [3.63, 3.8) is 0 Å². The van der Waals surface area contributed by atoms with Crippen LogP contribution in [0, 0.1) is 6.92 Å². The van der Waals surface area contributed by atoms with Gasteiger partial charge in [-0.2, -0.15) is 0 Å². The van der Waals surface area contributed by atoms with Gasteiger partial charge in [-0.1, -0.05) is 18.7 Å². The second-order valence-corrected chi connectivity index (χ2v) is 5.15. The summed E-state index contributed by atoms with van der Waals surface area (Å²) in [7, 11) is 3.02. The predicted molar refractivity (Wildman–Crippen MR) is 90.8 cm³/mol. The Bertz CT molecular complexity index is 751. The SMILES string of the molecule is C=COc1ccc(C(=O)C(O)c2ccc(C)c(OC)c2)cc1OC. The smallest absolute Gasteiger partial charge is 0.195 e. The minimum absolute atomic E-state index is 0.315. The van der Waals surface area contributed by atoms with Gasteiger partial charge in [0, 0.05) is 5.56 Å². The Morgan fingerprint density at radius 3 is 2.42 bits per heavy atom. The number of carbonyl (C=O) groups excluding carboxylic acids is 1. The van der Waals surface area contributed by atoms with E-state index in [0.717, 1.165) is 5.56 Å². The molecule has 1 atom stereocenters. The fourth-order valence-corrected chi connectivity index (χ4v) is 2.32. The molecule has 5 nitrogen and oxygen atoms in total. The van der Waals surface area contributed by atoms with Gasteiger partial charge in [0.2, 0.25) is 0 Å². The minimum Gasteiger partial charge on any atom is -0.496 e. The number of methoxy groups -OCH3 is 2. The zero-order valence-electron chi connectivity index (χ0n) is 13.9. The summed E-state index contributed by atoms with van der Waals surface area (Å²) in [6.45, 7) is 5.37. The van der Waals surface area contributed by atoms with Crippen LogP contribution in [0.15, 0.2) is 49.2 Å². The zero-order valence-corrected chi connectivity index (χ0v) is 13.9. The Hall–Kier alpha value is -2.79. The van der Waals surface area contributed by atoms with Crippen LogP contribution in [0.5, 0.6) is 17.2 Å². The Kier molecular flexibility index (Phi) is 5.60. The van der Waals surface area contributed by atoms with Crippen molar-refractivity contribution < 1.29 is 24.1 Å². The van der Waals surface area contributed by atoms with Crippen LogP contribution in [-0.2, 0) is 0 Å². The van der Waals surface area contributed by atoms with E-state index < -0.39 is 11.9 Å². The largest absolute Gasteiger partial charge is 0.496 e. The molecule has 0 fully saturated rings. The molecule has 1 N–H and O–H groups in total. The average molecular weight is 328 g/mol. The first-order chi connectivity index (χ1) is 11.5. The number of Topliss-reactive ketones (excluding diaryl/α,β-unsaturated/α-hetero) is 1. The lowest BCUT2D eigenvalue weighted by atomic mass is 9.98. The lowest BCUT2D eigenvalue weighted by Gasteiger charge is -2.14. The van der Waals surface area contributed by atoms with E-state index >= 15 is 0 Å². The summed E-state index contributed by atoms with van der Waals surface area (Å²) in [6, 6.07) is 9.84. The molecule has 126 valence electrons. The molecule has 0 aliphatic rings. The van der Waals surface area contributed by atoms with Crippen molar-refractivity contribution in [2.75, 3.05) is 14.2 Å². The molecule has 0 amide bonds. The molecule has 0 aromatic heterocycles. The Balaban J connectivity index is 2.32. The topological polar surface area (TPSA) is 65.0 Å². The molecule has 2 rings (SSSR count). The van der Waals surface area contributed by atoms with E-state index in [1.54, 1.807) is 37.4 Å². The quantitative estimate of drug-likeness (QED) is 0.623. The van der Waals surface area contributed by atoms with Crippen LogP contribution in [0.3, 0.4) is 0 Å². The molecule has 0 heterocycles. The number of aryl methyl sites for hydroxylation is 1. The van der Waals surface area contributed by atoms with Gasteiger partial charge in [0.1, 0.15) is 11.9 Å². The molecule has 2 aromatic rings. The maximum absolute atomic E-state index is 12.6. The average Bonchev–Trinajstić information content (AvgIpc) is 2.61. The van der Waals surface area contributed by atoms with Gasteiger partial charge in [0.05, 0.1) is 20.5 Å². The van der Waals surface area contributed by atoms with Gasteiger partial charge < -0.3 is 19.3 Å². The Labute approximate surface area is 141 Å². The van der Waals surface area contributed by atoms with E-state index in [4.69, 9.17) is 14.2 Å². The number of aliphatic hydroxyl groups is 1. The number of rotatable bonds is 7. The van der Waals surface area contributed by atoms with E-state index in [9.17, 15) is 9.90 Å². The molecule has 0 saturated carbocycles. The maximum Gasteiger partial charge on any atom is 0.195 e. The standard InChI is InChI=1S/C19H20O5/c1-5-24-15-9-8-14(11-17(15)23-4)19(21)18(20)13-7-6-12(2)16(10-13)22-3/h5-11,18,20H,1H2,2-4H3. The van der Waals surface area contributed by atoms with Crippen LogP contribution in [0.1, 0.15) is 27.6 Å². The van der Waals surface area contributed by atoms with Crippen LogP contribution < -0.4 is 14.2 Å². The van der Waals surface area contributed by atoms with Crippen molar-refractivity contribution in [1.82, 2.24) is 0 Å². The predicted octanol–water partition coefficient (Wildman–Crippen LogP) is 3.45. The summed E-state index contributed by atoms with van der Waals surface area (Å²) in [4.78, 5) is 12.6.